The smallest absolute Gasteiger partial charge is 0.272 e. The largest absolute Gasteiger partial charge is 0.493 e. The van der Waals surface area contributed by atoms with Crippen LogP contribution in [0.1, 0.15) is 24.3 Å². The minimum absolute atomic E-state index is 0.134. The number of hydrogen-bond donors (Lipinski definition) is 1. The predicted molar refractivity (Wildman–Crippen MR) is 98.7 cm³/mol. The van der Waals surface area contributed by atoms with Gasteiger partial charge in [0.05, 0.1) is 21.3 Å². The number of methoxy groups -OCH3 is 3. The van der Waals surface area contributed by atoms with Crippen LogP contribution >= 0.6 is 0 Å². The van der Waals surface area contributed by atoms with E-state index in [2.05, 4.69) is 15.3 Å². The first-order valence-electron chi connectivity index (χ1n) is 8.27. The van der Waals surface area contributed by atoms with E-state index >= 15 is 0 Å². The number of amides is 1. The highest BCUT2D eigenvalue weighted by molar-refractivity contribution is 5.92. The van der Waals surface area contributed by atoms with Gasteiger partial charge in [-0.2, -0.15) is 0 Å². The lowest BCUT2D eigenvalue weighted by molar-refractivity contribution is 0.0767. The summed E-state index contributed by atoms with van der Waals surface area (Å²) in [5, 5.41) is 3.07. The van der Waals surface area contributed by atoms with E-state index in [4.69, 9.17) is 14.2 Å². The molecule has 0 spiro atoms. The molecular formula is C18H24N4O4. The molecule has 1 aromatic heterocycles. The standard InChI is InChI=1S/C18H24N4O4/c1-6-22(7-2)17(23)13-8-9-19-18(21-13)20-12-10-14(24-3)16(26-5)15(11-12)25-4/h8-11H,6-7H2,1-5H3,(H,19,20,21). The van der Waals surface area contributed by atoms with Gasteiger partial charge in [0.25, 0.3) is 5.91 Å². The lowest BCUT2D eigenvalue weighted by Crippen LogP contribution is -2.31. The molecule has 26 heavy (non-hydrogen) atoms. The molecule has 2 aromatic rings. The van der Waals surface area contributed by atoms with Gasteiger partial charge >= 0.3 is 0 Å². The van der Waals surface area contributed by atoms with Crippen molar-refractivity contribution in [2.45, 2.75) is 13.8 Å². The SMILES string of the molecule is CCN(CC)C(=O)c1ccnc(Nc2cc(OC)c(OC)c(OC)c2)n1. The van der Waals surface area contributed by atoms with E-state index in [-0.39, 0.29) is 5.91 Å². The average molecular weight is 360 g/mol. The van der Waals surface area contributed by atoms with Crippen LogP contribution < -0.4 is 19.5 Å². The number of anilines is 2. The Morgan fingerprint density at radius 2 is 1.69 bits per heavy atom. The Bertz CT molecular complexity index is 738. The van der Waals surface area contributed by atoms with E-state index in [0.29, 0.717) is 47.7 Å². The van der Waals surface area contributed by atoms with Crippen LogP contribution in [0.3, 0.4) is 0 Å². The van der Waals surface area contributed by atoms with Gasteiger partial charge in [-0.3, -0.25) is 4.79 Å². The molecule has 0 radical (unpaired) electrons. The molecule has 0 saturated heterocycles. The van der Waals surface area contributed by atoms with Gasteiger partial charge in [0.1, 0.15) is 5.69 Å². The van der Waals surface area contributed by atoms with Crippen molar-refractivity contribution in [3.05, 3.63) is 30.1 Å². The maximum Gasteiger partial charge on any atom is 0.272 e. The van der Waals surface area contributed by atoms with Gasteiger partial charge in [0.15, 0.2) is 11.5 Å². The first-order chi connectivity index (χ1) is 12.6. The summed E-state index contributed by atoms with van der Waals surface area (Å²) in [6.07, 6.45) is 1.55. The van der Waals surface area contributed by atoms with Crippen LogP contribution in [0.15, 0.2) is 24.4 Å². The average Bonchev–Trinajstić information content (AvgIpc) is 2.68. The van der Waals surface area contributed by atoms with E-state index in [1.54, 1.807) is 50.6 Å². The maximum absolute atomic E-state index is 12.4. The Balaban J connectivity index is 2.32. The van der Waals surface area contributed by atoms with Gasteiger partial charge in [-0.25, -0.2) is 9.97 Å². The molecule has 140 valence electrons. The zero-order valence-electron chi connectivity index (χ0n) is 15.7. The van der Waals surface area contributed by atoms with Crippen LogP contribution in [-0.2, 0) is 0 Å². The van der Waals surface area contributed by atoms with E-state index < -0.39 is 0 Å². The second-order valence-corrected chi connectivity index (χ2v) is 5.28. The Morgan fingerprint density at radius 1 is 1.08 bits per heavy atom. The fourth-order valence-electron chi connectivity index (χ4n) is 2.49. The molecule has 0 unspecified atom stereocenters. The molecule has 8 heteroatoms. The summed E-state index contributed by atoms with van der Waals surface area (Å²) in [6.45, 7) is 5.10. The van der Waals surface area contributed by atoms with Crippen molar-refractivity contribution in [3.63, 3.8) is 0 Å². The Kier molecular flexibility index (Phi) is 6.60. The summed E-state index contributed by atoms with van der Waals surface area (Å²) in [4.78, 5) is 22.6. The van der Waals surface area contributed by atoms with Crippen LogP contribution in [0, 0.1) is 0 Å². The normalized spacial score (nSPS) is 10.2. The van der Waals surface area contributed by atoms with Gasteiger partial charge in [0, 0.05) is 37.1 Å². The Morgan fingerprint density at radius 3 is 2.19 bits per heavy atom. The third kappa shape index (κ3) is 4.14. The molecule has 1 amide bonds. The summed E-state index contributed by atoms with van der Waals surface area (Å²) in [6, 6.07) is 5.08. The Hall–Kier alpha value is -3.03. The first kappa shape index (κ1) is 19.3. The van der Waals surface area contributed by atoms with Crippen LogP contribution in [0.4, 0.5) is 11.6 Å². The fraction of sp³-hybridized carbons (Fsp3) is 0.389. The van der Waals surface area contributed by atoms with Crippen molar-refractivity contribution in [1.82, 2.24) is 14.9 Å². The van der Waals surface area contributed by atoms with Crippen LogP contribution in [0.5, 0.6) is 17.2 Å². The number of carbonyl (C=O) groups excluding carboxylic acids is 1. The number of carbonyl (C=O) groups is 1. The molecule has 1 heterocycles. The van der Waals surface area contributed by atoms with Crippen molar-refractivity contribution in [1.29, 1.82) is 0 Å². The monoisotopic (exact) mass is 360 g/mol. The zero-order valence-corrected chi connectivity index (χ0v) is 15.7. The van der Waals surface area contributed by atoms with Gasteiger partial charge in [-0.05, 0) is 19.9 Å². The maximum atomic E-state index is 12.4. The number of aromatic nitrogens is 2. The molecule has 0 saturated carbocycles. The number of nitrogens with one attached hydrogen (secondary N) is 1. The van der Waals surface area contributed by atoms with Crippen LogP contribution in [0.25, 0.3) is 0 Å². The molecular weight excluding hydrogens is 336 g/mol. The van der Waals surface area contributed by atoms with Crippen molar-refractivity contribution in [3.8, 4) is 17.2 Å². The third-order valence-corrected chi connectivity index (χ3v) is 3.85. The number of hydrogen-bond acceptors (Lipinski definition) is 7. The van der Waals surface area contributed by atoms with Gasteiger partial charge in [-0.15, -0.1) is 0 Å². The molecule has 1 aromatic carbocycles. The molecule has 2 rings (SSSR count). The molecule has 0 aliphatic rings. The molecule has 0 aliphatic heterocycles. The zero-order chi connectivity index (χ0) is 19.1. The topological polar surface area (TPSA) is 85.8 Å². The number of rotatable bonds is 8. The molecule has 8 nitrogen and oxygen atoms in total. The summed E-state index contributed by atoms with van der Waals surface area (Å²) in [5.74, 6) is 1.67. The van der Waals surface area contributed by atoms with Crippen molar-refractivity contribution in [2.24, 2.45) is 0 Å². The van der Waals surface area contributed by atoms with E-state index in [1.807, 2.05) is 13.8 Å². The van der Waals surface area contributed by atoms with Gasteiger partial charge in [0.2, 0.25) is 11.7 Å². The predicted octanol–water partition coefficient (Wildman–Crippen LogP) is 2.73. The second-order valence-electron chi connectivity index (χ2n) is 5.28. The lowest BCUT2D eigenvalue weighted by Gasteiger charge is -2.18. The van der Waals surface area contributed by atoms with Crippen LogP contribution in [0.2, 0.25) is 0 Å². The van der Waals surface area contributed by atoms with Crippen LogP contribution in [-0.4, -0.2) is 55.2 Å². The highest BCUT2D eigenvalue weighted by Gasteiger charge is 2.16. The van der Waals surface area contributed by atoms with Gasteiger partial charge < -0.3 is 24.4 Å². The first-order valence-corrected chi connectivity index (χ1v) is 8.27. The Labute approximate surface area is 153 Å². The molecule has 0 aliphatic carbocycles. The summed E-state index contributed by atoms with van der Waals surface area (Å²) >= 11 is 0. The quantitative estimate of drug-likeness (QED) is 0.774. The minimum Gasteiger partial charge on any atom is -0.493 e. The number of nitrogens with zero attached hydrogens (tertiary/aromatic N) is 3. The third-order valence-electron chi connectivity index (χ3n) is 3.85. The van der Waals surface area contributed by atoms with Crippen molar-refractivity contribution < 1.29 is 19.0 Å². The highest BCUT2D eigenvalue weighted by atomic mass is 16.5. The fourth-order valence-corrected chi connectivity index (χ4v) is 2.49. The highest BCUT2D eigenvalue weighted by Crippen LogP contribution is 2.40. The van der Waals surface area contributed by atoms with Crippen molar-refractivity contribution in [2.75, 3.05) is 39.7 Å². The van der Waals surface area contributed by atoms with E-state index in [1.165, 1.54) is 0 Å². The van der Waals surface area contributed by atoms with Gasteiger partial charge in [-0.1, -0.05) is 0 Å². The molecule has 1 N–H and O–H groups in total. The lowest BCUT2D eigenvalue weighted by atomic mass is 10.2. The van der Waals surface area contributed by atoms with E-state index in [9.17, 15) is 4.79 Å². The minimum atomic E-state index is -0.134. The molecule has 0 atom stereocenters. The molecule has 0 bridgehead atoms. The summed E-state index contributed by atoms with van der Waals surface area (Å²) in [5.41, 5.74) is 0.977. The number of ether oxygens (including phenoxy) is 3. The summed E-state index contributed by atoms with van der Waals surface area (Å²) < 4.78 is 16.0. The second kappa shape index (κ2) is 8.89. The number of benzene rings is 1. The van der Waals surface area contributed by atoms with E-state index in [0.717, 1.165) is 0 Å². The summed E-state index contributed by atoms with van der Waals surface area (Å²) in [7, 11) is 4.63. The van der Waals surface area contributed by atoms with Crippen molar-refractivity contribution >= 4 is 17.5 Å². The molecule has 0 fully saturated rings.